The van der Waals surface area contributed by atoms with Crippen molar-refractivity contribution in [2.24, 2.45) is 4.99 Å². The zero-order chi connectivity index (χ0) is 6.97. The van der Waals surface area contributed by atoms with E-state index in [2.05, 4.69) is 32.0 Å². The highest BCUT2D eigenvalue weighted by Crippen LogP contribution is 2.31. The number of nitrogens with zero attached hydrogens (tertiary/aromatic N) is 2. The van der Waals surface area contributed by atoms with Gasteiger partial charge in [-0.2, -0.15) is 0 Å². The highest BCUT2D eigenvalue weighted by molar-refractivity contribution is 9.09. The van der Waals surface area contributed by atoms with Crippen molar-refractivity contribution in [2.75, 3.05) is 0 Å². The standard InChI is InChI=1S/C7H9BrN2/c8-7-9-4-1-5-10(7)6-2-3-6/h1,4-7H,2-3H2. The van der Waals surface area contributed by atoms with Gasteiger partial charge in [0.25, 0.3) is 0 Å². The van der Waals surface area contributed by atoms with E-state index in [1.54, 1.807) is 0 Å². The van der Waals surface area contributed by atoms with Crippen LogP contribution in [0.25, 0.3) is 0 Å². The highest BCUT2D eigenvalue weighted by Gasteiger charge is 2.30. The van der Waals surface area contributed by atoms with Gasteiger partial charge in [-0.05, 0) is 34.8 Å². The third-order valence-corrected chi connectivity index (χ3v) is 2.48. The van der Waals surface area contributed by atoms with Crippen LogP contribution in [0.2, 0.25) is 0 Å². The Bertz CT molecular complexity index is 184. The quantitative estimate of drug-likeness (QED) is 0.466. The Hall–Kier alpha value is -0.310. The smallest absolute Gasteiger partial charge is 0.177 e. The molecule has 1 unspecified atom stereocenters. The summed E-state index contributed by atoms with van der Waals surface area (Å²) in [5.74, 6) is 0. The van der Waals surface area contributed by atoms with Gasteiger partial charge in [0.15, 0.2) is 5.08 Å². The molecule has 1 aliphatic carbocycles. The topological polar surface area (TPSA) is 15.6 Å². The molecule has 1 atom stereocenters. The predicted molar refractivity (Wildman–Crippen MR) is 45.2 cm³/mol. The van der Waals surface area contributed by atoms with Crippen molar-refractivity contribution in [1.82, 2.24) is 4.90 Å². The SMILES string of the molecule is BrC1N=CC=CN1C1CC1. The van der Waals surface area contributed by atoms with Crippen molar-refractivity contribution in [1.29, 1.82) is 0 Å². The second-order valence-electron chi connectivity index (χ2n) is 2.63. The van der Waals surface area contributed by atoms with E-state index < -0.39 is 0 Å². The van der Waals surface area contributed by atoms with Crippen LogP contribution < -0.4 is 0 Å². The lowest BCUT2D eigenvalue weighted by molar-refractivity contribution is 0.354. The molecule has 1 heterocycles. The molecule has 0 bridgehead atoms. The minimum absolute atomic E-state index is 0.185. The van der Waals surface area contributed by atoms with Gasteiger partial charge in [-0.3, -0.25) is 4.99 Å². The number of rotatable bonds is 1. The van der Waals surface area contributed by atoms with Crippen LogP contribution in [0.4, 0.5) is 0 Å². The Morgan fingerprint density at radius 2 is 2.30 bits per heavy atom. The fourth-order valence-electron chi connectivity index (χ4n) is 1.07. The van der Waals surface area contributed by atoms with Crippen LogP contribution in [-0.2, 0) is 0 Å². The van der Waals surface area contributed by atoms with E-state index in [4.69, 9.17) is 0 Å². The van der Waals surface area contributed by atoms with Crippen molar-refractivity contribution in [3.63, 3.8) is 0 Å². The minimum Gasteiger partial charge on any atom is -0.344 e. The minimum atomic E-state index is 0.185. The Morgan fingerprint density at radius 1 is 1.50 bits per heavy atom. The summed E-state index contributed by atoms with van der Waals surface area (Å²) in [6.07, 6.45) is 8.56. The Morgan fingerprint density at radius 3 is 2.90 bits per heavy atom. The molecule has 2 aliphatic rings. The molecular formula is C7H9BrN2. The summed E-state index contributed by atoms with van der Waals surface area (Å²) in [6, 6.07) is 0.748. The van der Waals surface area contributed by atoms with Crippen LogP contribution in [0.5, 0.6) is 0 Å². The summed E-state index contributed by atoms with van der Waals surface area (Å²) in [7, 11) is 0. The van der Waals surface area contributed by atoms with Crippen molar-refractivity contribution in [2.45, 2.75) is 24.0 Å². The summed E-state index contributed by atoms with van der Waals surface area (Å²) < 4.78 is 0. The van der Waals surface area contributed by atoms with Gasteiger partial charge in [-0.15, -0.1) is 0 Å². The molecule has 0 spiro atoms. The summed E-state index contributed by atoms with van der Waals surface area (Å²) >= 11 is 3.47. The van der Waals surface area contributed by atoms with Gasteiger partial charge in [0.2, 0.25) is 0 Å². The lowest BCUT2D eigenvalue weighted by Crippen LogP contribution is -2.28. The molecule has 10 heavy (non-hydrogen) atoms. The molecule has 0 aromatic rings. The van der Waals surface area contributed by atoms with E-state index in [1.165, 1.54) is 12.8 Å². The van der Waals surface area contributed by atoms with E-state index in [0.717, 1.165) is 6.04 Å². The van der Waals surface area contributed by atoms with Gasteiger partial charge >= 0.3 is 0 Å². The zero-order valence-electron chi connectivity index (χ0n) is 5.57. The lowest BCUT2D eigenvalue weighted by atomic mass is 10.5. The van der Waals surface area contributed by atoms with Gasteiger partial charge in [0, 0.05) is 18.5 Å². The third kappa shape index (κ3) is 1.10. The average Bonchev–Trinajstić information content (AvgIpc) is 2.71. The van der Waals surface area contributed by atoms with E-state index in [-0.39, 0.29) is 5.08 Å². The number of hydrogen-bond acceptors (Lipinski definition) is 2. The maximum Gasteiger partial charge on any atom is 0.177 e. The lowest BCUT2D eigenvalue weighted by Gasteiger charge is -2.24. The first-order valence-corrected chi connectivity index (χ1v) is 4.41. The summed E-state index contributed by atoms with van der Waals surface area (Å²) in [5, 5.41) is 0.185. The molecule has 0 radical (unpaired) electrons. The van der Waals surface area contributed by atoms with Gasteiger partial charge in [-0.1, -0.05) is 0 Å². The van der Waals surface area contributed by atoms with Gasteiger partial charge < -0.3 is 4.90 Å². The fraction of sp³-hybridized carbons (Fsp3) is 0.571. The third-order valence-electron chi connectivity index (χ3n) is 1.77. The Kier molecular flexibility index (Phi) is 1.52. The van der Waals surface area contributed by atoms with Crippen molar-refractivity contribution in [3.05, 3.63) is 12.3 Å². The second kappa shape index (κ2) is 2.38. The van der Waals surface area contributed by atoms with E-state index in [0.29, 0.717) is 0 Å². The molecule has 0 aromatic carbocycles. The second-order valence-corrected chi connectivity index (χ2v) is 3.45. The largest absolute Gasteiger partial charge is 0.344 e. The van der Waals surface area contributed by atoms with E-state index in [1.807, 2.05) is 12.3 Å². The molecule has 0 aromatic heterocycles. The molecule has 1 fully saturated rings. The highest BCUT2D eigenvalue weighted by atomic mass is 79.9. The van der Waals surface area contributed by atoms with Crippen molar-refractivity contribution < 1.29 is 0 Å². The molecule has 1 saturated carbocycles. The van der Waals surface area contributed by atoms with Gasteiger partial charge in [-0.25, -0.2) is 0 Å². The maximum atomic E-state index is 4.20. The van der Waals surface area contributed by atoms with Crippen LogP contribution in [0, 0.1) is 0 Å². The number of hydrogen-bond donors (Lipinski definition) is 0. The van der Waals surface area contributed by atoms with Crippen molar-refractivity contribution >= 4 is 22.1 Å². The number of allylic oxidation sites excluding steroid dienone is 1. The van der Waals surface area contributed by atoms with E-state index >= 15 is 0 Å². The zero-order valence-corrected chi connectivity index (χ0v) is 7.16. The first-order chi connectivity index (χ1) is 4.88. The molecule has 0 saturated heterocycles. The Labute approximate surface area is 68.8 Å². The van der Waals surface area contributed by atoms with Crippen LogP contribution in [0.3, 0.4) is 0 Å². The summed E-state index contributed by atoms with van der Waals surface area (Å²) in [4.78, 5) is 6.45. The van der Waals surface area contributed by atoms with Gasteiger partial charge in [0.05, 0.1) is 0 Å². The molecule has 2 rings (SSSR count). The van der Waals surface area contributed by atoms with Crippen LogP contribution in [0.1, 0.15) is 12.8 Å². The fourth-order valence-corrected chi connectivity index (χ4v) is 1.68. The van der Waals surface area contributed by atoms with Crippen LogP contribution >= 0.6 is 15.9 Å². The monoisotopic (exact) mass is 200 g/mol. The van der Waals surface area contributed by atoms with Crippen LogP contribution in [-0.4, -0.2) is 22.2 Å². The number of alkyl halides is 1. The molecule has 2 nitrogen and oxygen atoms in total. The normalized spacial score (nSPS) is 31.3. The first kappa shape index (κ1) is 6.40. The molecule has 54 valence electrons. The molecule has 0 amide bonds. The predicted octanol–water partition coefficient (Wildman–Crippen LogP) is 1.73. The molecule has 1 aliphatic heterocycles. The van der Waals surface area contributed by atoms with E-state index in [9.17, 15) is 0 Å². The molecular weight excluding hydrogens is 192 g/mol. The Balaban J connectivity index is 2.06. The maximum absolute atomic E-state index is 4.20. The first-order valence-electron chi connectivity index (χ1n) is 3.49. The molecule has 3 heteroatoms. The average molecular weight is 201 g/mol. The molecule has 0 N–H and O–H groups in total. The number of halogens is 1. The number of aliphatic imine (C=N–C) groups is 1. The van der Waals surface area contributed by atoms with Crippen LogP contribution in [0.15, 0.2) is 17.3 Å². The summed E-state index contributed by atoms with van der Waals surface area (Å²) in [6.45, 7) is 0. The van der Waals surface area contributed by atoms with Crippen molar-refractivity contribution in [3.8, 4) is 0 Å². The van der Waals surface area contributed by atoms with Gasteiger partial charge in [0.1, 0.15) is 0 Å². The summed E-state index contributed by atoms with van der Waals surface area (Å²) in [5.41, 5.74) is 0.